The molecule has 0 amide bonds. The van der Waals surface area contributed by atoms with Gasteiger partial charge in [0.25, 0.3) is 5.91 Å². The lowest BCUT2D eigenvalue weighted by Crippen LogP contribution is -2.12. The second-order valence-corrected chi connectivity index (χ2v) is 5.44. The summed E-state index contributed by atoms with van der Waals surface area (Å²) in [5.41, 5.74) is 1.99. The Balaban J connectivity index is 2.19. The number of aromatic nitrogens is 1. The molecule has 0 saturated heterocycles. The van der Waals surface area contributed by atoms with Crippen LogP contribution in [0.3, 0.4) is 0 Å². The lowest BCUT2D eigenvalue weighted by atomic mass is 9.96. The van der Waals surface area contributed by atoms with Crippen LogP contribution in [0.4, 0.5) is 0 Å². The van der Waals surface area contributed by atoms with E-state index in [0.29, 0.717) is 17.5 Å². The molecule has 0 bridgehead atoms. The Labute approximate surface area is 134 Å². The lowest BCUT2D eigenvalue weighted by Gasteiger charge is -2.07. The maximum atomic E-state index is 12.8. The van der Waals surface area contributed by atoms with Crippen LogP contribution < -0.4 is 0 Å². The molecule has 116 valence electrons. The summed E-state index contributed by atoms with van der Waals surface area (Å²) in [5, 5.41) is 10.3. The SMILES string of the molecule is CCC(C(=O)O)c1cn(C(=O)c2ccccc2)c2ccccc12. The molecule has 1 atom stereocenters. The number of hydrogen-bond acceptors (Lipinski definition) is 2. The summed E-state index contributed by atoms with van der Waals surface area (Å²) in [5.74, 6) is -1.65. The van der Waals surface area contributed by atoms with Crippen LogP contribution in [0.5, 0.6) is 0 Å². The van der Waals surface area contributed by atoms with Crippen LogP contribution in [0.25, 0.3) is 10.9 Å². The Hall–Kier alpha value is -2.88. The first kappa shape index (κ1) is 15.0. The number of carboxylic acids is 1. The predicted molar refractivity (Wildman–Crippen MR) is 88.8 cm³/mol. The molecule has 0 saturated carbocycles. The molecule has 4 nitrogen and oxygen atoms in total. The summed E-state index contributed by atoms with van der Waals surface area (Å²) in [7, 11) is 0. The fraction of sp³-hybridized carbons (Fsp3) is 0.158. The van der Waals surface area contributed by atoms with E-state index in [0.717, 1.165) is 10.9 Å². The fourth-order valence-corrected chi connectivity index (χ4v) is 2.90. The number of para-hydroxylation sites is 1. The molecule has 3 aromatic rings. The molecule has 0 aliphatic rings. The topological polar surface area (TPSA) is 59.3 Å². The molecule has 1 unspecified atom stereocenters. The molecular formula is C19H17NO3. The van der Waals surface area contributed by atoms with Crippen molar-refractivity contribution in [2.75, 3.05) is 0 Å². The third kappa shape index (κ3) is 2.63. The van der Waals surface area contributed by atoms with Crippen molar-refractivity contribution in [3.63, 3.8) is 0 Å². The number of benzene rings is 2. The summed E-state index contributed by atoms with van der Waals surface area (Å²) in [6.45, 7) is 1.84. The average Bonchev–Trinajstić information content (AvgIpc) is 2.95. The zero-order valence-electron chi connectivity index (χ0n) is 12.8. The highest BCUT2D eigenvalue weighted by atomic mass is 16.4. The Morgan fingerprint density at radius 1 is 1.04 bits per heavy atom. The number of carbonyl (C=O) groups excluding carboxylic acids is 1. The number of carboxylic acid groups (broad SMARTS) is 1. The van der Waals surface area contributed by atoms with Crippen molar-refractivity contribution in [2.45, 2.75) is 19.3 Å². The molecular weight excluding hydrogens is 290 g/mol. The average molecular weight is 307 g/mol. The van der Waals surface area contributed by atoms with Gasteiger partial charge in [-0.2, -0.15) is 0 Å². The van der Waals surface area contributed by atoms with Crippen molar-refractivity contribution >= 4 is 22.8 Å². The van der Waals surface area contributed by atoms with E-state index in [-0.39, 0.29) is 5.91 Å². The fourth-order valence-electron chi connectivity index (χ4n) is 2.90. The van der Waals surface area contributed by atoms with E-state index in [4.69, 9.17) is 0 Å². The van der Waals surface area contributed by atoms with E-state index in [1.807, 2.05) is 49.4 Å². The summed E-state index contributed by atoms with van der Waals surface area (Å²) >= 11 is 0. The molecule has 1 N–H and O–H groups in total. The molecule has 3 rings (SSSR count). The predicted octanol–water partition coefficient (Wildman–Crippen LogP) is 3.91. The van der Waals surface area contributed by atoms with E-state index in [2.05, 4.69) is 0 Å². The van der Waals surface area contributed by atoms with E-state index < -0.39 is 11.9 Å². The van der Waals surface area contributed by atoms with Crippen LogP contribution >= 0.6 is 0 Å². The quantitative estimate of drug-likeness (QED) is 0.795. The van der Waals surface area contributed by atoms with Crippen molar-refractivity contribution in [1.29, 1.82) is 0 Å². The van der Waals surface area contributed by atoms with Gasteiger partial charge in [-0.05, 0) is 30.2 Å². The number of fused-ring (bicyclic) bond motifs is 1. The van der Waals surface area contributed by atoms with E-state index in [1.54, 1.807) is 22.9 Å². The van der Waals surface area contributed by atoms with Crippen molar-refractivity contribution in [3.05, 3.63) is 71.9 Å². The summed E-state index contributed by atoms with van der Waals surface area (Å²) in [6.07, 6.45) is 2.14. The van der Waals surface area contributed by atoms with Gasteiger partial charge in [0.1, 0.15) is 0 Å². The minimum Gasteiger partial charge on any atom is -0.481 e. The van der Waals surface area contributed by atoms with Crippen LogP contribution in [-0.4, -0.2) is 21.6 Å². The van der Waals surface area contributed by atoms with E-state index in [9.17, 15) is 14.7 Å². The van der Waals surface area contributed by atoms with Gasteiger partial charge in [-0.15, -0.1) is 0 Å². The molecule has 0 aliphatic heterocycles. The summed E-state index contributed by atoms with van der Waals surface area (Å²) < 4.78 is 1.55. The number of rotatable bonds is 4. The molecule has 0 aliphatic carbocycles. The highest BCUT2D eigenvalue weighted by Gasteiger charge is 2.24. The van der Waals surface area contributed by atoms with Gasteiger partial charge in [-0.25, -0.2) is 0 Å². The minimum atomic E-state index is -0.873. The van der Waals surface area contributed by atoms with Crippen molar-refractivity contribution in [3.8, 4) is 0 Å². The van der Waals surface area contributed by atoms with Gasteiger partial charge in [0.15, 0.2) is 0 Å². The van der Waals surface area contributed by atoms with Gasteiger partial charge in [-0.3, -0.25) is 14.2 Å². The largest absolute Gasteiger partial charge is 0.481 e. The Bertz CT molecular complexity index is 865. The van der Waals surface area contributed by atoms with Crippen LogP contribution in [0, 0.1) is 0 Å². The van der Waals surface area contributed by atoms with Crippen molar-refractivity contribution < 1.29 is 14.7 Å². The van der Waals surface area contributed by atoms with Gasteiger partial charge in [-0.1, -0.05) is 43.3 Å². The number of nitrogens with zero attached hydrogens (tertiary/aromatic N) is 1. The first-order chi connectivity index (χ1) is 11.1. The molecule has 1 heterocycles. The number of hydrogen-bond donors (Lipinski definition) is 1. The first-order valence-corrected chi connectivity index (χ1v) is 7.56. The Morgan fingerprint density at radius 2 is 1.70 bits per heavy atom. The molecule has 2 aromatic carbocycles. The highest BCUT2D eigenvalue weighted by Crippen LogP contribution is 2.30. The summed E-state index contributed by atoms with van der Waals surface area (Å²) in [4.78, 5) is 24.3. The second kappa shape index (κ2) is 6.08. The first-order valence-electron chi connectivity index (χ1n) is 7.56. The smallest absolute Gasteiger partial charge is 0.311 e. The van der Waals surface area contributed by atoms with Gasteiger partial charge >= 0.3 is 5.97 Å². The summed E-state index contributed by atoms with van der Waals surface area (Å²) in [6, 6.07) is 16.4. The van der Waals surface area contributed by atoms with Gasteiger partial charge < -0.3 is 5.11 Å². The van der Waals surface area contributed by atoms with Gasteiger partial charge in [0.05, 0.1) is 11.4 Å². The van der Waals surface area contributed by atoms with Crippen LogP contribution in [-0.2, 0) is 4.79 Å². The van der Waals surface area contributed by atoms with Crippen LogP contribution in [0.1, 0.15) is 35.2 Å². The maximum absolute atomic E-state index is 12.8. The zero-order valence-corrected chi connectivity index (χ0v) is 12.8. The number of carbonyl (C=O) groups is 2. The molecule has 23 heavy (non-hydrogen) atoms. The second-order valence-electron chi connectivity index (χ2n) is 5.44. The normalized spacial score (nSPS) is 12.2. The zero-order chi connectivity index (χ0) is 16.4. The van der Waals surface area contributed by atoms with Crippen LogP contribution in [0.2, 0.25) is 0 Å². The third-order valence-corrected chi connectivity index (χ3v) is 4.06. The van der Waals surface area contributed by atoms with E-state index >= 15 is 0 Å². The van der Waals surface area contributed by atoms with Crippen molar-refractivity contribution in [1.82, 2.24) is 4.57 Å². The standard InChI is InChI=1S/C19H17NO3/c1-2-14(19(22)23)16-12-20(17-11-7-6-10-15(16)17)18(21)13-8-4-3-5-9-13/h3-12,14H,2H2,1H3,(H,22,23). The van der Waals surface area contributed by atoms with Crippen molar-refractivity contribution in [2.24, 2.45) is 0 Å². The molecule has 0 fully saturated rings. The molecule has 1 aromatic heterocycles. The van der Waals surface area contributed by atoms with Gasteiger partial charge in [0.2, 0.25) is 0 Å². The Kier molecular flexibility index (Phi) is 3.98. The van der Waals surface area contributed by atoms with E-state index in [1.165, 1.54) is 0 Å². The minimum absolute atomic E-state index is 0.159. The monoisotopic (exact) mass is 307 g/mol. The molecule has 4 heteroatoms. The highest BCUT2D eigenvalue weighted by molar-refractivity contribution is 6.03. The van der Waals surface area contributed by atoms with Crippen LogP contribution in [0.15, 0.2) is 60.8 Å². The lowest BCUT2D eigenvalue weighted by molar-refractivity contribution is -0.138. The molecule has 0 spiro atoms. The maximum Gasteiger partial charge on any atom is 0.311 e. The Morgan fingerprint density at radius 3 is 2.35 bits per heavy atom. The molecule has 0 radical (unpaired) electrons. The number of aliphatic carboxylic acids is 1. The van der Waals surface area contributed by atoms with Gasteiger partial charge in [0, 0.05) is 17.1 Å². The third-order valence-electron chi connectivity index (χ3n) is 4.06.